The van der Waals surface area contributed by atoms with Gasteiger partial charge in [-0.1, -0.05) is 73.2 Å². The van der Waals surface area contributed by atoms with Crippen LogP contribution in [0.15, 0.2) is 66.3 Å². The van der Waals surface area contributed by atoms with E-state index < -0.39 is 0 Å². The average molecular weight is 234 g/mol. The van der Waals surface area contributed by atoms with Crippen molar-refractivity contribution in [3.05, 3.63) is 71.8 Å². The lowest BCUT2D eigenvalue weighted by molar-refractivity contribution is 0.804. The molecule has 1 atom stereocenters. The van der Waals surface area contributed by atoms with Gasteiger partial charge in [0.15, 0.2) is 0 Å². The first-order chi connectivity index (χ1) is 8.86. The van der Waals surface area contributed by atoms with Crippen molar-refractivity contribution < 1.29 is 0 Å². The fourth-order valence-corrected chi connectivity index (χ4v) is 2.81. The molecule has 0 radical (unpaired) electrons. The summed E-state index contributed by atoms with van der Waals surface area (Å²) in [6, 6.07) is 15.3. The van der Waals surface area contributed by atoms with Gasteiger partial charge in [-0.25, -0.2) is 0 Å². The number of hydrogen-bond donors (Lipinski definition) is 0. The molecule has 2 aromatic carbocycles. The van der Waals surface area contributed by atoms with Gasteiger partial charge in [-0.15, -0.1) is 0 Å². The van der Waals surface area contributed by atoms with Gasteiger partial charge < -0.3 is 0 Å². The summed E-state index contributed by atoms with van der Waals surface area (Å²) in [6.45, 7) is 2.33. The first kappa shape index (κ1) is 11.3. The summed E-state index contributed by atoms with van der Waals surface area (Å²) < 4.78 is 0. The number of hydrogen-bond acceptors (Lipinski definition) is 0. The van der Waals surface area contributed by atoms with E-state index in [0.717, 1.165) is 0 Å². The minimum absolute atomic E-state index is 0.515. The molecule has 0 nitrogen and oxygen atoms in total. The van der Waals surface area contributed by atoms with E-state index in [2.05, 4.69) is 67.6 Å². The van der Waals surface area contributed by atoms with Crippen molar-refractivity contribution in [1.82, 2.24) is 0 Å². The van der Waals surface area contributed by atoms with Gasteiger partial charge in [0, 0.05) is 5.92 Å². The van der Waals surface area contributed by atoms with E-state index in [0.29, 0.717) is 5.92 Å². The minimum Gasteiger partial charge on any atom is -0.0842 e. The Hall–Kier alpha value is -1.82. The van der Waals surface area contributed by atoms with Crippen LogP contribution in [0.3, 0.4) is 0 Å². The van der Waals surface area contributed by atoms with E-state index in [9.17, 15) is 0 Å². The second kappa shape index (κ2) is 4.81. The molecule has 0 N–H and O–H groups in total. The fourth-order valence-electron chi connectivity index (χ4n) is 2.81. The van der Waals surface area contributed by atoms with E-state index >= 15 is 0 Å². The van der Waals surface area contributed by atoms with Gasteiger partial charge in [-0.2, -0.15) is 0 Å². The Morgan fingerprint density at radius 2 is 1.83 bits per heavy atom. The average Bonchev–Trinajstić information content (AvgIpc) is 2.47. The summed E-state index contributed by atoms with van der Waals surface area (Å²) in [6.07, 6.45) is 9.11. The Kier molecular flexibility index (Phi) is 3.02. The van der Waals surface area contributed by atoms with Gasteiger partial charge in [0.05, 0.1) is 0 Å². The highest BCUT2D eigenvalue weighted by atomic mass is 14.2. The number of allylic oxidation sites excluding steroid dienone is 4. The molecule has 1 aliphatic carbocycles. The SMILES string of the molecule is CC(C1=CC=CCC1)c1cccc2ccccc12. The summed E-state index contributed by atoms with van der Waals surface area (Å²) in [4.78, 5) is 0. The van der Waals surface area contributed by atoms with Crippen LogP contribution in [-0.2, 0) is 0 Å². The third-order valence-electron chi connectivity index (χ3n) is 3.89. The molecule has 90 valence electrons. The van der Waals surface area contributed by atoms with Crippen LogP contribution in [0.4, 0.5) is 0 Å². The van der Waals surface area contributed by atoms with Crippen LogP contribution in [-0.4, -0.2) is 0 Å². The van der Waals surface area contributed by atoms with Crippen molar-refractivity contribution in [1.29, 1.82) is 0 Å². The highest BCUT2D eigenvalue weighted by molar-refractivity contribution is 5.86. The Bertz CT molecular complexity index is 611. The zero-order chi connectivity index (χ0) is 12.4. The quantitative estimate of drug-likeness (QED) is 0.668. The van der Waals surface area contributed by atoms with Gasteiger partial charge in [-0.3, -0.25) is 0 Å². The first-order valence-electron chi connectivity index (χ1n) is 6.69. The summed E-state index contributed by atoms with van der Waals surface area (Å²) in [5.41, 5.74) is 3.00. The van der Waals surface area contributed by atoms with Gasteiger partial charge in [0.2, 0.25) is 0 Å². The standard InChI is InChI=1S/C18H18/c1-14(15-8-3-2-4-9-15)17-13-7-11-16-10-5-6-12-18(16)17/h2-3,5-8,10-14H,4,9H2,1H3. The smallest absolute Gasteiger partial charge is 0.00291 e. The highest BCUT2D eigenvalue weighted by Crippen LogP contribution is 2.33. The van der Waals surface area contributed by atoms with Crippen LogP contribution in [0.5, 0.6) is 0 Å². The highest BCUT2D eigenvalue weighted by Gasteiger charge is 2.14. The fraction of sp³-hybridized carbons (Fsp3) is 0.222. The van der Waals surface area contributed by atoms with E-state index in [1.54, 1.807) is 5.57 Å². The summed E-state index contributed by atoms with van der Waals surface area (Å²) in [5, 5.41) is 2.73. The summed E-state index contributed by atoms with van der Waals surface area (Å²) >= 11 is 0. The largest absolute Gasteiger partial charge is 0.0842 e. The molecule has 0 fully saturated rings. The normalized spacial score (nSPS) is 16.6. The lowest BCUT2D eigenvalue weighted by Crippen LogP contribution is -2.00. The van der Waals surface area contributed by atoms with Crippen LogP contribution < -0.4 is 0 Å². The second-order valence-electron chi connectivity index (χ2n) is 5.00. The molecule has 18 heavy (non-hydrogen) atoms. The van der Waals surface area contributed by atoms with E-state index in [1.165, 1.54) is 29.2 Å². The van der Waals surface area contributed by atoms with Crippen LogP contribution in [0.1, 0.15) is 31.2 Å². The topological polar surface area (TPSA) is 0 Å². The van der Waals surface area contributed by atoms with Crippen molar-refractivity contribution in [2.24, 2.45) is 0 Å². The maximum atomic E-state index is 2.33. The van der Waals surface area contributed by atoms with E-state index in [4.69, 9.17) is 0 Å². The lowest BCUT2D eigenvalue weighted by atomic mass is 9.85. The van der Waals surface area contributed by atoms with Gasteiger partial charge in [0.25, 0.3) is 0 Å². The Morgan fingerprint density at radius 3 is 2.67 bits per heavy atom. The maximum absolute atomic E-state index is 2.33. The molecular weight excluding hydrogens is 216 g/mol. The minimum atomic E-state index is 0.515. The predicted octanol–water partition coefficient (Wildman–Crippen LogP) is 5.22. The van der Waals surface area contributed by atoms with E-state index in [-0.39, 0.29) is 0 Å². The van der Waals surface area contributed by atoms with Crippen molar-refractivity contribution in [3.8, 4) is 0 Å². The van der Waals surface area contributed by atoms with Crippen LogP contribution in [0, 0.1) is 0 Å². The Morgan fingerprint density at radius 1 is 1.00 bits per heavy atom. The van der Waals surface area contributed by atoms with Gasteiger partial charge in [0.1, 0.15) is 0 Å². The van der Waals surface area contributed by atoms with Crippen LogP contribution in [0.25, 0.3) is 10.8 Å². The second-order valence-corrected chi connectivity index (χ2v) is 5.00. The Balaban J connectivity index is 2.08. The predicted molar refractivity (Wildman–Crippen MR) is 78.8 cm³/mol. The van der Waals surface area contributed by atoms with Crippen LogP contribution in [0.2, 0.25) is 0 Å². The Labute approximate surface area is 109 Å². The molecular formula is C18H18. The monoisotopic (exact) mass is 234 g/mol. The van der Waals surface area contributed by atoms with Crippen molar-refractivity contribution in [2.45, 2.75) is 25.7 Å². The van der Waals surface area contributed by atoms with Gasteiger partial charge >= 0.3 is 0 Å². The molecule has 3 rings (SSSR count). The molecule has 0 aromatic heterocycles. The zero-order valence-corrected chi connectivity index (χ0v) is 10.8. The maximum Gasteiger partial charge on any atom is 0.00291 e. The van der Waals surface area contributed by atoms with Crippen LogP contribution >= 0.6 is 0 Å². The van der Waals surface area contributed by atoms with E-state index in [1.807, 2.05) is 0 Å². The molecule has 1 aliphatic rings. The molecule has 0 saturated carbocycles. The molecule has 1 unspecified atom stereocenters. The van der Waals surface area contributed by atoms with Crippen molar-refractivity contribution >= 4 is 10.8 Å². The first-order valence-corrected chi connectivity index (χ1v) is 6.69. The number of benzene rings is 2. The molecule has 0 amide bonds. The molecule has 0 saturated heterocycles. The summed E-state index contributed by atoms with van der Waals surface area (Å²) in [5.74, 6) is 0.515. The lowest BCUT2D eigenvalue weighted by Gasteiger charge is -2.19. The molecule has 0 bridgehead atoms. The molecule has 2 aromatic rings. The third kappa shape index (κ3) is 1.99. The zero-order valence-electron chi connectivity index (χ0n) is 10.8. The molecule has 0 spiro atoms. The third-order valence-corrected chi connectivity index (χ3v) is 3.89. The molecule has 0 heterocycles. The van der Waals surface area contributed by atoms with Gasteiger partial charge in [-0.05, 0) is 29.2 Å². The number of rotatable bonds is 2. The molecule has 0 aliphatic heterocycles. The molecule has 0 heteroatoms. The number of fused-ring (bicyclic) bond motifs is 1. The summed E-state index contributed by atoms with van der Waals surface area (Å²) in [7, 11) is 0. The van der Waals surface area contributed by atoms with Crippen molar-refractivity contribution in [3.63, 3.8) is 0 Å². The van der Waals surface area contributed by atoms with Crippen molar-refractivity contribution in [2.75, 3.05) is 0 Å².